The fourth-order valence-corrected chi connectivity index (χ4v) is 2.01. The minimum Gasteiger partial charge on any atom is -0.496 e. The fourth-order valence-electron chi connectivity index (χ4n) is 2.01. The minimum absolute atomic E-state index is 0.128. The number of nitrogens with one attached hydrogen (secondary N) is 1. The molecule has 3 N–H and O–H groups in total. The summed E-state index contributed by atoms with van der Waals surface area (Å²) in [6, 6.07) is 6.67. The van der Waals surface area contributed by atoms with Gasteiger partial charge in [0.2, 0.25) is 0 Å². The van der Waals surface area contributed by atoms with Gasteiger partial charge in [0.1, 0.15) is 11.6 Å². The lowest BCUT2D eigenvalue weighted by Gasteiger charge is -2.20. The molecule has 20 heavy (non-hydrogen) atoms. The summed E-state index contributed by atoms with van der Waals surface area (Å²) < 4.78 is 45.4. The Kier molecular flexibility index (Phi) is 4.26. The fraction of sp³-hybridized carbons (Fsp3) is 0.143. The number of rotatable bonds is 4. The molecule has 6 heteroatoms. The molecule has 1 unspecified atom stereocenters. The van der Waals surface area contributed by atoms with Crippen molar-refractivity contribution < 1.29 is 17.9 Å². The summed E-state index contributed by atoms with van der Waals surface area (Å²) in [6.45, 7) is 0. The Labute approximate surface area is 114 Å². The third kappa shape index (κ3) is 2.61. The maximum Gasteiger partial charge on any atom is 0.159 e. The molecule has 0 aliphatic carbocycles. The van der Waals surface area contributed by atoms with E-state index >= 15 is 0 Å². The van der Waals surface area contributed by atoms with Crippen molar-refractivity contribution in [3.63, 3.8) is 0 Å². The van der Waals surface area contributed by atoms with Crippen molar-refractivity contribution in [3.8, 4) is 5.75 Å². The predicted octanol–water partition coefficient (Wildman–Crippen LogP) is 2.67. The van der Waals surface area contributed by atoms with E-state index in [9.17, 15) is 13.2 Å². The van der Waals surface area contributed by atoms with Gasteiger partial charge in [-0.1, -0.05) is 12.1 Å². The largest absolute Gasteiger partial charge is 0.496 e. The summed E-state index contributed by atoms with van der Waals surface area (Å²) in [5.74, 6) is 3.12. The standard InChI is InChI=1S/C14H13F3N2O/c1-20-12-4-2-3-10(16)13(12)14(19-18)8-5-6-9(15)11(17)7-8/h2-7,14,19H,18H2,1H3. The molecule has 0 bridgehead atoms. The number of hydrogen-bond acceptors (Lipinski definition) is 3. The molecule has 2 aromatic carbocycles. The first-order valence-electron chi connectivity index (χ1n) is 5.82. The van der Waals surface area contributed by atoms with Crippen LogP contribution in [0.2, 0.25) is 0 Å². The van der Waals surface area contributed by atoms with Crippen molar-refractivity contribution >= 4 is 0 Å². The Hall–Kier alpha value is -2.05. The van der Waals surface area contributed by atoms with Crippen LogP contribution in [0.1, 0.15) is 17.2 Å². The van der Waals surface area contributed by atoms with Gasteiger partial charge < -0.3 is 4.74 Å². The lowest BCUT2D eigenvalue weighted by Crippen LogP contribution is -2.30. The third-order valence-electron chi connectivity index (χ3n) is 2.97. The summed E-state index contributed by atoms with van der Waals surface area (Å²) >= 11 is 0. The van der Waals surface area contributed by atoms with Crippen LogP contribution in [-0.4, -0.2) is 7.11 Å². The molecule has 0 aromatic heterocycles. The van der Waals surface area contributed by atoms with Crippen molar-refractivity contribution in [2.45, 2.75) is 6.04 Å². The van der Waals surface area contributed by atoms with Gasteiger partial charge >= 0.3 is 0 Å². The lowest BCUT2D eigenvalue weighted by molar-refractivity contribution is 0.397. The van der Waals surface area contributed by atoms with E-state index in [0.29, 0.717) is 0 Å². The van der Waals surface area contributed by atoms with Gasteiger partial charge in [-0.15, -0.1) is 0 Å². The molecule has 0 saturated carbocycles. The number of benzene rings is 2. The van der Waals surface area contributed by atoms with Gasteiger partial charge in [0, 0.05) is 0 Å². The predicted molar refractivity (Wildman–Crippen MR) is 68.5 cm³/mol. The van der Waals surface area contributed by atoms with E-state index < -0.39 is 23.5 Å². The highest BCUT2D eigenvalue weighted by atomic mass is 19.2. The first-order chi connectivity index (χ1) is 9.58. The molecule has 0 aliphatic heterocycles. The molecular formula is C14H13F3N2O. The van der Waals surface area contributed by atoms with Gasteiger partial charge in [-0.2, -0.15) is 0 Å². The van der Waals surface area contributed by atoms with E-state index in [1.54, 1.807) is 6.07 Å². The smallest absolute Gasteiger partial charge is 0.159 e. The molecule has 2 aromatic rings. The average Bonchev–Trinajstić information content (AvgIpc) is 2.45. The van der Waals surface area contributed by atoms with Gasteiger partial charge in [-0.25, -0.2) is 18.6 Å². The minimum atomic E-state index is -1.03. The number of methoxy groups -OCH3 is 1. The van der Waals surface area contributed by atoms with Crippen LogP contribution in [0.25, 0.3) is 0 Å². The highest BCUT2D eigenvalue weighted by molar-refractivity contribution is 5.42. The van der Waals surface area contributed by atoms with E-state index in [2.05, 4.69) is 5.43 Å². The topological polar surface area (TPSA) is 47.3 Å². The number of hydrogen-bond donors (Lipinski definition) is 2. The highest BCUT2D eigenvalue weighted by Gasteiger charge is 2.22. The number of nitrogens with two attached hydrogens (primary N) is 1. The maximum absolute atomic E-state index is 14.0. The second-order valence-electron chi connectivity index (χ2n) is 4.13. The van der Waals surface area contributed by atoms with Crippen LogP contribution in [0, 0.1) is 17.5 Å². The normalized spacial score (nSPS) is 12.2. The molecule has 106 valence electrons. The van der Waals surface area contributed by atoms with Gasteiger partial charge in [0.05, 0.1) is 18.7 Å². The zero-order chi connectivity index (χ0) is 14.7. The Morgan fingerprint density at radius 1 is 1.05 bits per heavy atom. The Morgan fingerprint density at radius 3 is 2.40 bits per heavy atom. The molecule has 0 saturated heterocycles. The van der Waals surface area contributed by atoms with Crippen LogP contribution in [-0.2, 0) is 0 Å². The van der Waals surface area contributed by atoms with Crippen LogP contribution in [0.5, 0.6) is 5.75 Å². The molecule has 2 rings (SSSR count). The van der Waals surface area contributed by atoms with Gasteiger partial charge in [-0.3, -0.25) is 5.84 Å². The second-order valence-corrected chi connectivity index (χ2v) is 4.13. The van der Waals surface area contributed by atoms with Crippen molar-refractivity contribution in [1.29, 1.82) is 0 Å². The SMILES string of the molecule is COc1cccc(F)c1C(NN)c1ccc(F)c(F)c1. The van der Waals surface area contributed by atoms with Crippen LogP contribution in [0.15, 0.2) is 36.4 Å². The first kappa shape index (κ1) is 14.4. The summed E-state index contributed by atoms with van der Waals surface area (Å²) in [6.07, 6.45) is 0. The first-order valence-corrected chi connectivity index (χ1v) is 5.82. The summed E-state index contributed by atoms with van der Waals surface area (Å²) in [5.41, 5.74) is 2.80. The Morgan fingerprint density at radius 2 is 1.80 bits per heavy atom. The molecule has 0 fully saturated rings. The number of ether oxygens (including phenoxy) is 1. The van der Waals surface area contributed by atoms with Gasteiger partial charge in [0.25, 0.3) is 0 Å². The number of halogens is 3. The number of hydrazine groups is 1. The van der Waals surface area contributed by atoms with Crippen molar-refractivity contribution in [2.75, 3.05) is 7.11 Å². The quantitative estimate of drug-likeness (QED) is 0.669. The molecule has 0 radical (unpaired) electrons. The molecular weight excluding hydrogens is 269 g/mol. The zero-order valence-electron chi connectivity index (χ0n) is 10.7. The second kappa shape index (κ2) is 5.94. The lowest BCUT2D eigenvalue weighted by atomic mass is 9.97. The third-order valence-corrected chi connectivity index (χ3v) is 2.97. The monoisotopic (exact) mass is 282 g/mol. The van der Waals surface area contributed by atoms with Crippen molar-refractivity contribution in [2.24, 2.45) is 5.84 Å². The molecule has 0 heterocycles. The van der Waals surface area contributed by atoms with Crippen LogP contribution in [0.4, 0.5) is 13.2 Å². The van der Waals surface area contributed by atoms with E-state index in [0.717, 1.165) is 12.1 Å². The average molecular weight is 282 g/mol. The van der Waals surface area contributed by atoms with E-state index in [4.69, 9.17) is 10.6 Å². The van der Waals surface area contributed by atoms with E-state index in [-0.39, 0.29) is 16.9 Å². The molecule has 1 atom stereocenters. The molecule has 0 spiro atoms. The van der Waals surface area contributed by atoms with Crippen LogP contribution in [0.3, 0.4) is 0 Å². The van der Waals surface area contributed by atoms with Crippen molar-refractivity contribution in [1.82, 2.24) is 5.43 Å². The zero-order valence-corrected chi connectivity index (χ0v) is 10.7. The highest BCUT2D eigenvalue weighted by Crippen LogP contribution is 2.32. The Bertz CT molecular complexity index is 619. The summed E-state index contributed by atoms with van der Waals surface area (Å²) in [7, 11) is 1.39. The van der Waals surface area contributed by atoms with Crippen LogP contribution >= 0.6 is 0 Å². The summed E-state index contributed by atoms with van der Waals surface area (Å²) in [4.78, 5) is 0. The van der Waals surface area contributed by atoms with E-state index in [1.807, 2.05) is 0 Å². The van der Waals surface area contributed by atoms with Gasteiger partial charge in [0.15, 0.2) is 11.6 Å². The van der Waals surface area contributed by atoms with Crippen LogP contribution < -0.4 is 16.0 Å². The Balaban J connectivity index is 2.55. The maximum atomic E-state index is 14.0. The van der Waals surface area contributed by atoms with E-state index in [1.165, 1.54) is 25.3 Å². The molecule has 0 amide bonds. The molecule has 3 nitrogen and oxygen atoms in total. The van der Waals surface area contributed by atoms with Crippen molar-refractivity contribution in [3.05, 3.63) is 65.0 Å². The summed E-state index contributed by atoms with van der Waals surface area (Å²) in [5, 5.41) is 0. The van der Waals surface area contributed by atoms with Gasteiger partial charge in [-0.05, 0) is 29.8 Å². The molecule has 0 aliphatic rings.